The van der Waals surface area contributed by atoms with E-state index in [1.807, 2.05) is 13.0 Å². The molecule has 0 N–H and O–H groups in total. The van der Waals surface area contributed by atoms with Gasteiger partial charge in [0, 0.05) is 6.61 Å². The summed E-state index contributed by atoms with van der Waals surface area (Å²) in [5, 5.41) is 0. The van der Waals surface area contributed by atoms with E-state index in [9.17, 15) is 9.59 Å². The van der Waals surface area contributed by atoms with E-state index in [0.29, 0.717) is 11.1 Å². The lowest BCUT2D eigenvalue weighted by Gasteiger charge is -2.21. The maximum Gasteiger partial charge on any atom is 0.347 e. The zero-order valence-corrected chi connectivity index (χ0v) is 13.2. The normalized spacial score (nSPS) is 14.3. The molecule has 0 saturated heterocycles. The second kappa shape index (κ2) is 5.89. The summed E-state index contributed by atoms with van der Waals surface area (Å²) in [4.78, 5) is 23.2. The summed E-state index contributed by atoms with van der Waals surface area (Å²) in [5.74, 6) is -1.04. The van der Waals surface area contributed by atoms with Crippen LogP contribution in [0.4, 0.5) is 0 Å². The first-order chi connectivity index (χ1) is 9.44. The fraction of sp³-hybridized carbons (Fsp3) is 0.467. The lowest BCUT2D eigenvalue weighted by atomic mass is 9.99. The molecule has 1 aromatic rings. The first kappa shape index (κ1) is 14.9. The Morgan fingerprint density at radius 2 is 1.95 bits per heavy atom. The van der Waals surface area contributed by atoms with Crippen LogP contribution in [-0.2, 0) is 15.6 Å². The summed E-state index contributed by atoms with van der Waals surface area (Å²) in [6.45, 7) is 7.16. The van der Waals surface area contributed by atoms with Gasteiger partial charge in [-0.2, -0.15) is 0 Å². The number of benzene rings is 1. The van der Waals surface area contributed by atoms with Gasteiger partial charge in [0.1, 0.15) is 0 Å². The molecule has 0 fully saturated rings. The molecule has 108 valence electrons. The van der Waals surface area contributed by atoms with Crippen LogP contribution in [0.1, 0.15) is 39.6 Å². The van der Waals surface area contributed by atoms with Gasteiger partial charge in [-0.3, -0.25) is 0 Å². The molecular formula is C15H20O4Si. The number of hydrogen-bond acceptors (Lipinski definition) is 4. The van der Waals surface area contributed by atoms with Gasteiger partial charge in [-0.25, -0.2) is 9.59 Å². The van der Waals surface area contributed by atoms with Crippen molar-refractivity contribution >= 4 is 20.3 Å². The Bertz CT molecular complexity index is 537. The number of esters is 2. The predicted octanol–water partition coefficient (Wildman–Crippen LogP) is 3.17. The zero-order chi connectivity index (χ0) is 14.8. The minimum absolute atomic E-state index is 0.397. The van der Waals surface area contributed by atoms with Crippen molar-refractivity contribution in [1.29, 1.82) is 0 Å². The molecule has 0 radical (unpaired) electrons. The van der Waals surface area contributed by atoms with Crippen LogP contribution in [-0.4, -0.2) is 26.9 Å². The average Bonchev–Trinajstić information content (AvgIpc) is 2.66. The molecule has 2 rings (SSSR count). The van der Waals surface area contributed by atoms with E-state index < -0.39 is 20.3 Å². The predicted molar refractivity (Wildman–Crippen MR) is 78.4 cm³/mol. The fourth-order valence-electron chi connectivity index (χ4n) is 2.58. The number of cyclic esters (lactones) is 2. The Morgan fingerprint density at radius 1 is 1.20 bits per heavy atom. The van der Waals surface area contributed by atoms with Crippen LogP contribution in [0.5, 0.6) is 0 Å². The maximum absolute atomic E-state index is 11.7. The first-order valence-electron chi connectivity index (χ1n) is 6.97. The minimum atomic E-state index is -1.60. The molecular weight excluding hydrogens is 272 g/mol. The Balaban J connectivity index is 2.05. The maximum atomic E-state index is 11.7. The molecule has 1 heterocycles. The average molecular weight is 292 g/mol. The molecule has 0 unspecified atom stereocenters. The van der Waals surface area contributed by atoms with Gasteiger partial charge in [0.05, 0.1) is 11.1 Å². The van der Waals surface area contributed by atoms with Crippen molar-refractivity contribution in [1.82, 2.24) is 0 Å². The third kappa shape index (κ3) is 3.16. The smallest absolute Gasteiger partial charge is 0.347 e. The second-order valence-electron chi connectivity index (χ2n) is 5.56. The molecule has 0 aliphatic carbocycles. The third-order valence-corrected chi connectivity index (χ3v) is 6.15. The molecule has 4 nitrogen and oxygen atoms in total. The van der Waals surface area contributed by atoms with E-state index in [1.54, 1.807) is 12.1 Å². The SMILES string of the molecule is CCO[Si](C)(C)CCCc1cccc2c1C(=O)OC2=O. The van der Waals surface area contributed by atoms with Crippen LogP contribution in [0, 0.1) is 0 Å². The number of carbonyl (C=O) groups excluding carboxylic acids is 2. The molecule has 20 heavy (non-hydrogen) atoms. The van der Waals surface area contributed by atoms with Gasteiger partial charge in [-0.05, 0) is 50.5 Å². The van der Waals surface area contributed by atoms with Crippen LogP contribution in [0.15, 0.2) is 18.2 Å². The van der Waals surface area contributed by atoms with Crippen molar-refractivity contribution in [3.8, 4) is 0 Å². The number of carbonyl (C=O) groups is 2. The molecule has 1 aliphatic heterocycles. The first-order valence-corrected chi connectivity index (χ1v) is 10.1. The highest BCUT2D eigenvalue weighted by Gasteiger charge is 2.31. The van der Waals surface area contributed by atoms with E-state index in [0.717, 1.165) is 31.1 Å². The van der Waals surface area contributed by atoms with E-state index in [2.05, 4.69) is 17.8 Å². The highest BCUT2D eigenvalue weighted by atomic mass is 28.4. The van der Waals surface area contributed by atoms with Crippen molar-refractivity contribution < 1.29 is 18.8 Å². The number of aryl methyl sites for hydroxylation is 1. The largest absolute Gasteiger partial charge is 0.418 e. The van der Waals surface area contributed by atoms with E-state index in [-0.39, 0.29) is 0 Å². The quantitative estimate of drug-likeness (QED) is 0.459. The van der Waals surface area contributed by atoms with Crippen LogP contribution in [0.25, 0.3) is 0 Å². The Morgan fingerprint density at radius 3 is 2.65 bits per heavy atom. The minimum Gasteiger partial charge on any atom is -0.418 e. The van der Waals surface area contributed by atoms with Gasteiger partial charge in [0.15, 0.2) is 8.32 Å². The topological polar surface area (TPSA) is 52.6 Å². The van der Waals surface area contributed by atoms with Crippen LogP contribution < -0.4 is 0 Å². The summed E-state index contributed by atoms with van der Waals surface area (Å²) in [6, 6.07) is 6.38. The molecule has 0 bridgehead atoms. The van der Waals surface area contributed by atoms with Gasteiger partial charge in [0.25, 0.3) is 0 Å². The van der Waals surface area contributed by atoms with Crippen LogP contribution in [0.2, 0.25) is 19.1 Å². The fourth-order valence-corrected chi connectivity index (χ4v) is 4.53. The van der Waals surface area contributed by atoms with Crippen molar-refractivity contribution in [3.63, 3.8) is 0 Å². The lowest BCUT2D eigenvalue weighted by molar-refractivity contribution is 0.0443. The van der Waals surface area contributed by atoms with Crippen LogP contribution in [0.3, 0.4) is 0 Å². The van der Waals surface area contributed by atoms with Gasteiger partial charge in [0.2, 0.25) is 0 Å². The van der Waals surface area contributed by atoms with Gasteiger partial charge in [-0.1, -0.05) is 12.1 Å². The van der Waals surface area contributed by atoms with Crippen molar-refractivity contribution in [2.75, 3.05) is 6.61 Å². The Hall–Kier alpha value is -1.46. The van der Waals surface area contributed by atoms with Gasteiger partial charge >= 0.3 is 11.9 Å². The van der Waals surface area contributed by atoms with Gasteiger partial charge in [-0.15, -0.1) is 0 Å². The molecule has 1 aromatic carbocycles. The third-order valence-electron chi connectivity index (χ3n) is 3.52. The summed E-state index contributed by atoms with van der Waals surface area (Å²) in [7, 11) is -1.60. The monoisotopic (exact) mass is 292 g/mol. The molecule has 0 atom stereocenters. The summed E-state index contributed by atoms with van der Waals surface area (Å²) in [5.41, 5.74) is 1.75. The second-order valence-corrected chi connectivity index (χ2v) is 9.87. The lowest BCUT2D eigenvalue weighted by Crippen LogP contribution is -2.30. The number of rotatable bonds is 6. The highest BCUT2D eigenvalue weighted by Crippen LogP contribution is 2.25. The van der Waals surface area contributed by atoms with E-state index in [1.165, 1.54) is 0 Å². The van der Waals surface area contributed by atoms with Crippen molar-refractivity contribution in [2.45, 2.75) is 38.9 Å². The van der Waals surface area contributed by atoms with Crippen LogP contribution >= 0.6 is 0 Å². The van der Waals surface area contributed by atoms with Crippen molar-refractivity contribution in [2.24, 2.45) is 0 Å². The molecule has 0 aromatic heterocycles. The number of ether oxygens (including phenoxy) is 1. The summed E-state index contributed by atoms with van der Waals surface area (Å²) < 4.78 is 10.5. The Kier molecular flexibility index (Phi) is 4.40. The van der Waals surface area contributed by atoms with E-state index >= 15 is 0 Å². The molecule has 1 aliphatic rings. The summed E-state index contributed by atoms with van der Waals surface area (Å²) in [6.07, 6.45) is 1.73. The van der Waals surface area contributed by atoms with Crippen molar-refractivity contribution in [3.05, 3.63) is 34.9 Å². The molecule has 0 saturated carbocycles. The molecule has 0 amide bonds. The number of fused-ring (bicyclic) bond motifs is 1. The zero-order valence-electron chi connectivity index (χ0n) is 12.2. The standard InChI is InChI=1S/C15H20O4Si/c1-4-18-20(2,3)10-6-8-11-7-5-9-12-13(11)15(17)19-14(12)16/h5,7,9H,4,6,8,10H2,1-3H3. The molecule has 0 spiro atoms. The van der Waals surface area contributed by atoms with E-state index in [4.69, 9.17) is 4.43 Å². The van der Waals surface area contributed by atoms with Gasteiger partial charge < -0.3 is 9.16 Å². The molecule has 5 heteroatoms. The number of hydrogen-bond donors (Lipinski definition) is 0. The Labute approximate surface area is 120 Å². The summed E-state index contributed by atoms with van der Waals surface area (Å²) >= 11 is 0. The highest BCUT2D eigenvalue weighted by molar-refractivity contribution is 6.71.